The topological polar surface area (TPSA) is 25.8 Å². The minimum Gasteiger partial charge on any atom is -0.226 e. The fourth-order valence-electron chi connectivity index (χ4n) is 1.38. The van der Waals surface area contributed by atoms with E-state index in [1.54, 1.807) is 12.1 Å². The number of aromatic nitrogens is 2. The molecule has 2 aromatic rings. The van der Waals surface area contributed by atoms with Crippen LogP contribution >= 0.6 is 23.4 Å². The van der Waals surface area contributed by atoms with Gasteiger partial charge in [0.2, 0.25) is 0 Å². The molecular formula is C13H12ClFN2S. The lowest BCUT2D eigenvalue weighted by Crippen LogP contribution is -1.98. The van der Waals surface area contributed by atoms with Crippen molar-refractivity contribution in [3.63, 3.8) is 0 Å². The minimum absolute atomic E-state index is 0.244. The van der Waals surface area contributed by atoms with E-state index in [0.29, 0.717) is 5.15 Å². The Kier molecular flexibility index (Phi) is 4.19. The Labute approximate surface area is 115 Å². The molecule has 0 saturated heterocycles. The monoisotopic (exact) mass is 282 g/mol. The zero-order valence-corrected chi connectivity index (χ0v) is 11.6. The van der Waals surface area contributed by atoms with E-state index in [0.717, 1.165) is 27.7 Å². The molecule has 0 atom stereocenters. The van der Waals surface area contributed by atoms with E-state index in [1.165, 1.54) is 23.9 Å². The lowest BCUT2D eigenvalue weighted by Gasteiger charge is -2.07. The summed E-state index contributed by atoms with van der Waals surface area (Å²) < 4.78 is 12.8. The summed E-state index contributed by atoms with van der Waals surface area (Å²) in [7, 11) is 0. The first kappa shape index (κ1) is 13.3. The maximum Gasteiger partial charge on any atom is 0.136 e. The molecule has 0 aliphatic rings. The van der Waals surface area contributed by atoms with Crippen LogP contribution in [0.25, 0.3) is 0 Å². The summed E-state index contributed by atoms with van der Waals surface area (Å²) in [4.78, 5) is 9.56. The second-order valence-corrected chi connectivity index (χ2v) is 5.19. The predicted molar refractivity (Wildman–Crippen MR) is 71.7 cm³/mol. The number of nitrogens with zero attached hydrogens (tertiary/aromatic N) is 2. The smallest absolute Gasteiger partial charge is 0.136 e. The van der Waals surface area contributed by atoms with Crippen LogP contribution in [-0.4, -0.2) is 9.97 Å². The molecule has 0 N–H and O–H groups in total. The number of halogens is 2. The average molecular weight is 283 g/mol. The van der Waals surface area contributed by atoms with Gasteiger partial charge < -0.3 is 0 Å². The molecule has 1 heterocycles. The molecule has 0 amide bonds. The highest BCUT2D eigenvalue weighted by Gasteiger charge is 2.10. The molecule has 1 aromatic heterocycles. The van der Waals surface area contributed by atoms with Crippen molar-refractivity contribution < 1.29 is 4.39 Å². The lowest BCUT2D eigenvalue weighted by atomic mass is 10.3. The third kappa shape index (κ3) is 3.00. The normalized spacial score (nSPS) is 10.7. The SMILES string of the molecule is CCc1nc(Cl)c(C)c(Sc2ccc(F)cc2)n1. The molecule has 0 unspecified atom stereocenters. The van der Waals surface area contributed by atoms with E-state index in [9.17, 15) is 4.39 Å². The first-order valence-corrected chi connectivity index (χ1v) is 6.76. The van der Waals surface area contributed by atoms with Crippen LogP contribution in [0.15, 0.2) is 34.2 Å². The van der Waals surface area contributed by atoms with Crippen molar-refractivity contribution in [3.05, 3.63) is 46.6 Å². The van der Waals surface area contributed by atoms with Gasteiger partial charge in [0.25, 0.3) is 0 Å². The Morgan fingerprint density at radius 3 is 2.50 bits per heavy atom. The zero-order valence-electron chi connectivity index (χ0n) is 10.1. The van der Waals surface area contributed by atoms with Crippen LogP contribution in [0.3, 0.4) is 0 Å². The Morgan fingerprint density at radius 1 is 1.22 bits per heavy atom. The van der Waals surface area contributed by atoms with Gasteiger partial charge >= 0.3 is 0 Å². The van der Waals surface area contributed by atoms with E-state index < -0.39 is 0 Å². The van der Waals surface area contributed by atoms with Crippen LogP contribution in [-0.2, 0) is 6.42 Å². The molecule has 0 bridgehead atoms. The number of hydrogen-bond donors (Lipinski definition) is 0. The number of aryl methyl sites for hydroxylation is 1. The summed E-state index contributed by atoms with van der Waals surface area (Å²) in [6.45, 7) is 3.86. The molecule has 1 aromatic carbocycles. The van der Waals surface area contributed by atoms with Crippen molar-refractivity contribution in [2.24, 2.45) is 0 Å². The summed E-state index contributed by atoms with van der Waals surface area (Å²) >= 11 is 7.53. The van der Waals surface area contributed by atoms with Crippen LogP contribution in [0.4, 0.5) is 4.39 Å². The quantitative estimate of drug-likeness (QED) is 0.786. The van der Waals surface area contributed by atoms with Crippen LogP contribution in [0, 0.1) is 12.7 Å². The van der Waals surface area contributed by atoms with Gasteiger partial charge in [-0.3, -0.25) is 0 Å². The maximum absolute atomic E-state index is 12.8. The summed E-state index contributed by atoms with van der Waals surface area (Å²) in [5.74, 6) is 0.473. The first-order chi connectivity index (χ1) is 8.60. The van der Waals surface area contributed by atoms with Crippen molar-refractivity contribution in [1.82, 2.24) is 9.97 Å². The fourth-order valence-corrected chi connectivity index (χ4v) is 2.52. The number of hydrogen-bond acceptors (Lipinski definition) is 3. The van der Waals surface area contributed by atoms with Gasteiger partial charge in [-0.15, -0.1) is 0 Å². The van der Waals surface area contributed by atoms with E-state index in [4.69, 9.17) is 11.6 Å². The highest BCUT2D eigenvalue weighted by Crippen LogP contribution is 2.31. The molecule has 2 rings (SSSR count). The zero-order chi connectivity index (χ0) is 13.1. The van der Waals surface area contributed by atoms with Crippen molar-refractivity contribution in [3.8, 4) is 0 Å². The van der Waals surface area contributed by atoms with Crippen LogP contribution < -0.4 is 0 Å². The summed E-state index contributed by atoms with van der Waals surface area (Å²) in [5, 5.41) is 1.30. The molecule has 94 valence electrons. The van der Waals surface area contributed by atoms with Crippen LogP contribution in [0.1, 0.15) is 18.3 Å². The minimum atomic E-state index is -0.244. The average Bonchev–Trinajstić information content (AvgIpc) is 2.37. The highest BCUT2D eigenvalue weighted by molar-refractivity contribution is 7.99. The summed E-state index contributed by atoms with van der Waals surface area (Å²) in [6, 6.07) is 6.31. The summed E-state index contributed by atoms with van der Waals surface area (Å²) in [5.41, 5.74) is 0.850. The van der Waals surface area contributed by atoms with Crippen LogP contribution in [0.2, 0.25) is 5.15 Å². The van der Waals surface area contributed by atoms with Crippen molar-refractivity contribution in [2.45, 2.75) is 30.2 Å². The molecule has 0 fully saturated rings. The standard InChI is InChI=1S/C13H12ClFN2S/c1-3-11-16-12(14)8(2)13(17-11)18-10-6-4-9(15)5-7-10/h4-7H,3H2,1-2H3. The van der Waals surface area contributed by atoms with E-state index in [1.807, 2.05) is 13.8 Å². The molecule has 2 nitrogen and oxygen atoms in total. The molecule has 5 heteroatoms. The Hall–Kier alpha value is -1.13. The molecule has 0 saturated carbocycles. The van der Waals surface area contributed by atoms with Gasteiger partial charge in [-0.25, -0.2) is 14.4 Å². The van der Waals surface area contributed by atoms with Gasteiger partial charge in [0.15, 0.2) is 0 Å². The predicted octanol–water partition coefficient (Wildman–Crippen LogP) is 4.29. The van der Waals surface area contributed by atoms with Crippen molar-refractivity contribution >= 4 is 23.4 Å². The molecular weight excluding hydrogens is 271 g/mol. The van der Waals surface area contributed by atoms with Gasteiger partial charge in [0.05, 0.1) is 0 Å². The van der Waals surface area contributed by atoms with Gasteiger partial charge in [-0.1, -0.05) is 30.3 Å². The lowest BCUT2D eigenvalue weighted by molar-refractivity contribution is 0.626. The number of rotatable bonds is 3. The van der Waals surface area contributed by atoms with Crippen LogP contribution in [0.5, 0.6) is 0 Å². The van der Waals surface area contributed by atoms with E-state index in [2.05, 4.69) is 9.97 Å². The third-order valence-corrected chi connectivity index (χ3v) is 3.90. The Bertz CT molecular complexity index is 558. The maximum atomic E-state index is 12.8. The fraction of sp³-hybridized carbons (Fsp3) is 0.231. The van der Waals surface area contributed by atoms with E-state index >= 15 is 0 Å². The molecule has 0 aliphatic carbocycles. The largest absolute Gasteiger partial charge is 0.226 e. The number of benzene rings is 1. The van der Waals surface area contributed by atoms with Gasteiger partial charge in [0, 0.05) is 16.9 Å². The van der Waals surface area contributed by atoms with Gasteiger partial charge in [-0.2, -0.15) is 0 Å². The molecule has 0 aliphatic heterocycles. The molecule has 0 radical (unpaired) electrons. The van der Waals surface area contributed by atoms with Crippen molar-refractivity contribution in [1.29, 1.82) is 0 Å². The van der Waals surface area contributed by atoms with Gasteiger partial charge in [0.1, 0.15) is 21.8 Å². The highest BCUT2D eigenvalue weighted by atomic mass is 35.5. The van der Waals surface area contributed by atoms with E-state index in [-0.39, 0.29) is 5.82 Å². The molecule has 18 heavy (non-hydrogen) atoms. The molecule has 0 spiro atoms. The Morgan fingerprint density at radius 2 is 1.89 bits per heavy atom. The second kappa shape index (κ2) is 5.67. The second-order valence-electron chi connectivity index (χ2n) is 3.77. The van der Waals surface area contributed by atoms with Gasteiger partial charge in [-0.05, 0) is 31.2 Å². The first-order valence-electron chi connectivity index (χ1n) is 5.56. The summed E-state index contributed by atoms with van der Waals surface area (Å²) in [6.07, 6.45) is 0.733. The Balaban J connectivity index is 2.33. The van der Waals surface area contributed by atoms with Crippen molar-refractivity contribution in [2.75, 3.05) is 0 Å². The third-order valence-electron chi connectivity index (χ3n) is 2.43.